The van der Waals surface area contributed by atoms with Crippen LogP contribution in [0.15, 0.2) is 63.2 Å². The molecule has 1 fully saturated rings. The molecule has 5 nitrogen and oxygen atoms in total. The molecule has 3 rings (SSSR count). The smallest absolute Gasteiger partial charge is 0.252 e. The van der Waals surface area contributed by atoms with Crippen molar-refractivity contribution in [2.45, 2.75) is 21.6 Å². The molecule has 2 aromatic rings. The molecule has 1 aliphatic heterocycles. The molecule has 2 aromatic carbocycles. The third-order valence-electron chi connectivity index (χ3n) is 4.34. The fourth-order valence-corrected chi connectivity index (χ4v) is 4.40. The van der Waals surface area contributed by atoms with Crippen LogP contribution in [0.25, 0.3) is 0 Å². The van der Waals surface area contributed by atoms with Crippen LogP contribution >= 0.6 is 11.8 Å². The summed E-state index contributed by atoms with van der Waals surface area (Å²) in [4.78, 5) is 14.6. The lowest BCUT2D eigenvalue weighted by molar-refractivity contribution is 0.0939. The van der Waals surface area contributed by atoms with E-state index in [9.17, 15) is 13.2 Å². The molecule has 1 saturated heterocycles. The molecule has 7 heteroatoms. The van der Waals surface area contributed by atoms with Gasteiger partial charge in [-0.2, -0.15) is 0 Å². The Hall–Kier alpha value is -1.83. The van der Waals surface area contributed by atoms with Crippen LogP contribution in [0, 0.1) is 5.92 Å². The zero-order valence-corrected chi connectivity index (χ0v) is 16.2. The third-order valence-corrected chi connectivity index (χ3v) is 7.17. The number of rotatable bonds is 7. The summed E-state index contributed by atoms with van der Waals surface area (Å²) in [6, 6.07) is 14.3. The lowest BCUT2D eigenvalue weighted by Crippen LogP contribution is -2.48. The van der Waals surface area contributed by atoms with Crippen molar-refractivity contribution in [2.75, 3.05) is 25.4 Å². The highest BCUT2D eigenvalue weighted by molar-refractivity contribution is 7.99. The standard InChI is InChI=1S/C19H22N2O3S2/c1-2-26(23,24)16-9-7-15(8-10-16)25-18-6-4-3-5-17(18)19(22)21-13-14-11-20-12-14/h3-10,14,20H,2,11-13H2,1H3,(H,21,22). The summed E-state index contributed by atoms with van der Waals surface area (Å²) in [6.45, 7) is 4.20. The summed E-state index contributed by atoms with van der Waals surface area (Å²) in [5.41, 5.74) is 0.634. The Morgan fingerprint density at radius 2 is 1.85 bits per heavy atom. The lowest BCUT2D eigenvalue weighted by atomic mass is 10.0. The van der Waals surface area contributed by atoms with Crippen LogP contribution in [0.2, 0.25) is 0 Å². The largest absolute Gasteiger partial charge is 0.352 e. The van der Waals surface area contributed by atoms with E-state index in [1.165, 1.54) is 11.8 Å². The van der Waals surface area contributed by atoms with Gasteiger partial charge in [-0.15, -0.1) is 0 Å². The van der Waals surface area contributed by atoms with Crippen LogP contribution < -0.4 is 10.6 Å². The maximum atomic E-state index is 12.5. The number of benzene rings is 2. The molecule has 0 aromatic heterocycles. The average Bonchev–Trinajstić information content (AvgIpc) is 2.61. The zero-order valence-electron chi connectivity index (χ0n) is 14.6. The van der Waals surface area contributed by atoms with E-state index < -0.39 is 9.84 Å². The van der Waals surface area contributed by atoms with Gasteiger partial charge in [-0.25, -0.2) is 8.42 Å². The highest BCUT2D eigenvalue weighted by atomic mass is 32.2. The van der Waals surface area contributed by atoms with Gasteiger partial charge in [0.05, 0.1) is 16.2 Å². The maximum Gasteiger partial charge on any atom is 0.252 e. The summed E-state index contributed by atoms with van der Waals surface area (Å²) in [5, 5.41) is 6.18. The van der Waals surface area contributed by atoms with Crippen molar-refractivity contribution >= 4 is 27.5 Å². The molecule has 0 atom stereocenters. The second-order valence-corrected chi connectivity index (χ2v) is 9.60. The number of hydrogen-bond acceptors (Lipinski definition) is 5. The van der Waals surface area contributed by atoms with Crippen molar-refractivity contribution in [3.8, 4) is 0 Å². The molecule has 138 valence electrons. The lowest BCUT2D eigenvalue weighted by Gasteiger charge is -2.27. The SMILES string of the molecule is CCS(=O)(=O)c1ccc(Sc2ccccc2C(=O)NCC2CNC2)cc1. The predicted octanol–water partition coefficient (Wildman–Crippen LogP) is 2.58. The third kappa shape index (κ3) is 4.47. The van der Waals surface area contributed by atoms with Crippen molar-refractivity contribution in [1.82, 2.24) is 10.6 Å². The zero-order chi connectivity index (χ0) is 18.6. The maximum absolute atomic E-state index is 12.5. The minimum Gasteiger partial charge on any atom is -0.352 e. The Bertz CT molecular complexity index is 876. The van der Waals surface area contributed by atoms with Gasteiger partial charge in [-0.1, -0.05) is 30.8 Å². The Morgan fingerprint density at radius 3 is 2.46 bits per heavy atom. The summed E-state index contributed by atoms with van der Waals surface area (Å²) in [7, 11) is -3.20. The van der Waals surface area contributed by atoms with Crippen molar-refractivity contribution in [1.29, 1.82) is 0 Å². The highest BCUT2D eigenvalue weighted by Gasteiger charge is 2.19. The van der Waals surface area contributed by atoms with E-state index >= 15 is 0 Å². The molecule has 0 bridgehead atoms. The quantitative estimate of drug-likeness (QED) is 0.760. The molecule has 26 heavy (non-hydrogen) atoms. The summed E-state index contributed by atoms with van der Waals surface area (Å²) < 4.78 is 23.8. The Kier molecular flexibility index (Phi) is 6.01. The molecule has 0 unspecified atom stereocenters. The van der Waals surface area contributed by atoms with Gasteiger partial charge in [-0.3, -0.25) is 4.79 Å². The molecule has 2 N–H and O–H groups in total. The van der Waals surface area contributed by atoms with Gasteiger partial charge in [0.15, 0.2) is 9.84 Å². The highest BCUT2D eigenvalue weighted by Crippen LogP contribution is 2.31. The van der Waals surface area contributed by atoms with Crippen LogP contribution in [0.4, 0.5) is 0 Å². The minimum atomic E-state index is -3.20. The minimum absolute atomic E-state index is 0.0785. The number of hydrogen-bond donors (Lipinski definition) is 2. The normalized spacial score (nSPS) is 14.7. The topological polar surface area (TPSA) is 75.3 Å². The van der Waals surface area contributed by atoms with Gasteiger partial charge in [0.1, 0.15) is 0 Å². The molecule has 0 spiro atoms. The Morgan fingerprint density at radius 1 is 1.15 bits per heavy atom. The molecular weight excluding hydrogens is 368 g/mol. The van der Waals surface area contributed by atoms with E-state index in [0.717, 1.165) is 22.9 Å². The number of carbonyl (C=O) groups is 1. The van der Waals surface area contributed by atoms with Crippen LogP contribution in [-0.2, 0) is 9.84 Å². The molecule has 1 heterocycles. The summed E-state index contributed by atoms with van der Waals surface area (Å²) in [5.74, 6) is 0.510. The molecule has 1 aliphatic rings. The van der Waals surface area contributed by atoms with E-state index in [0.29, 0.717) is 22.9 Å². The first-order valence-electron chi connectivity index (χ1n) is 8.58. The van der Waals surface area contributed by atoms with E-state index in [-0.39, 0.29) is 11.7 Å². The van der Waals surface area contributed by atoms with Crippen molar-refractivity contribution in [2.24, 2.45) is 5.92 Å². The Labute approximate surface area is 158 Å². The second kappa shape index (κ2) is 8.24. The van der Waals surface area contributed by atoms with E-state index in [1.54, 1.807) is 31.2 Å². The first-order chi connectivity index (χ1) is 12.5. The number of amides is 1. The predicted molar refractivity (Wildman–Crippen MR) is 103 cm³/mol. The first kappa shape index (κ1) is 18.9. The molecular formula is C19H22N2O3S2. The van der Waals surface area contributed by atoms with Crippen molar-refractivity contribution < 1.29 is 13.2 Å². The molecule has 0 radical (unpaired) electrons. The molecule has 0 saturated carbocycles. The number of nitrogens with one attached hydrogen (secondary N) is 2. The van der Waals surface area contributed by atoms with Gasteiger partial charge >= 0.3 is 0 Å². The van der Waals surface area contributed by atoms with Crippen LogP contribution in [-0.4, -0.2) is 39.7 Å². The van der Waals surface area contributed by atoms with Crippen LogP contribution in [0.5, 0.6) is 0 Å². The number of sulfone groups is 1. The van der Waals surface area contributed by atoms with Gasteiger partial charge in [0.2, 0.25) is 0 Å². The van der Waals surface area contributed by atoms with Gasteiger partial charge in [-0.05, 0) is 36.4 Å². The fraction of sp³-hybridized carbons (Fsp3) is 0.316. The van der Waals surface area contributed by atoms with Gasteiger partial charge in [0.25, 0.3) is 5.91 Å². The van der Waals surface area contributed by atoms with Crippen molar-refractivity contribution in [3.05, 3.63) is 54.1 Å². The number of carbonyl (C=O) groups excluding carboxylic acids is 1. The van der Waals surface area contributed by atoms with Crippen LogP contribution in [0.1, 0.15) is 17.3 Å². The van der Waals surface area contributed by atoms with E-state index in [2.05, 4.69) is 10.6 Å². The average molecular weight is 391 g/mol. The Balaban J connectivity index is 1.72. The summed E-state index contributed by atoms with van der Waals surface area (Å²) in [6.07, 6.45) is 0. The monoisotopic (exact) mass is 390 g/mol. The fourth-order valence-electron chi connectivity index (χ4n) is 2.58. The summed E-state index contributed by atoms with van der Waals surface area (Å²) >= 11 is 1.46. The van der Waals surface area contributed by atoms with E-state index in [4.69, 9.17) is 0 Å². The molecule has 1 amide bonds. The first-order valence-corrected chi connectivity index (χ1v) is 11.0. The molecule has 0 aliphatic carbocycles. The van der Waals surface area contributed by atoms with Gasteiger partial charge < -0.3 is 10.6 Å². The van der Waals surface area contributed by atoms with Gasteiger partial charge in [0, 0.05) is 35.3 Å². The van der Waals surface area contributed by atoms with E-state index in [1.807, 2.05) is 24.3 Å². The van der Waals surface area contributed by atoms with Crippen molar-refractivity contribution in [3.63, 3.8) is 0 Å². The van der Waals surface area contributed by atoms with Crippen LogP contribution in [0.3, 0.4) is 0 Å². The second-order valence-electron chi connectivity index (χ2n) is 6.21.